The Labute approximate surface area is 105 Å². The van der Waals surface area contributed by atoms with Crippen LogP contribution in [-0.4, -0.2) is 5.97 Å². The fourth-order valence-electron chi connectivity index (χ4n) is 2.60. The monoisotopic (exact) mass is 242 g/mol. The first kappa shape index (κ1) is 11.1. The lowest BCUT2D eigenvalue weighted by molar-refractivity contribution is -0.148. The van der Waals surface area contributed by atoms with Gasteiger partial charge in [0.25, 0.3) is 0 Å². The van der Waals surface area contributed by atoms with E-state index in [2.05, 4.69) is 0 Å². The van der Waals surface area contributed by atoms with Crippen molar-refractivity contribution >= 4 is 5.97 Å². The quantitative estimate of drug-likeness (QED) is 0.759. The number of furan rings is 1. The van der Waals surface area contributed by atoms with Crippen LogP contribution < -0.4 is 0 Å². The number of hydrogen-bond donors (Lipinski definition) is 0. The minimum absolute atomic E-state index is 0.0672. The van der Waals surface area contributed by atoms with Crippen molar-refractivity contribution < 1.29 is 13.9 Å². The Morgan fingerprint density at radius 3 is 2.61 bits per heavy atom. The van der Waals surface area contributed by atoms with Crippen LogP contribution in [0.2, 0.25) is 0 Å². The lowest BCUT2D eigenvalue weighted by atomic mass is 9.81. The van der Waals surface area contributed by atoms with E-state index in [1.165, 1.54) is 0 Å². The second kappa shape index (κ2) is 4.02. The SMILES string of the molecule is C[C@]1(c2ccccc2)OC(=O)C[C@H]1c1ccco1. The Kier molecular flexibility index (Phi) is 2.47. The highest BCUT2D eigenvalue weighted by Crippen LogP contribution is 2.47. The van der Waals surface area contributed by atoms with Crippen LogP contribution in [0.25, 0.3) is 0 Å². The third-order valence-corrected chi connectivity index (χ3v) is 3.60. The van der Waals surface area contributed by atoms with Gasteiger partial charge >= 0.3 is 5.97 Å². The van der Waals surface area contributed by atoms with Gasteiger partial charge in [0.2, 0.25) is 0 Å². The van der Waals surface area contributed by atoms with E-state index < -0.39 is 5.60 Å². The molecule has 1 aliphatic rings. The molecule has 2 heterocycles. The zero-order valence-corrected chi connectivity index (χ0v) is 10.1. The number of ether oxygens (including phenoxy) is 1. The minimum atomic E-state index is -0.643. The highest BCUT2D eigenvalue weighted by molar-refractivity contribution is 5.74. The van der Waals surface area contributed by atoms with Gasteiger partial charge < -0.3 is 9.15 Å². The van der Waals surface area contributed by atoms with Crippen LogP contribution in [0.4, 0.5) is 0 Å². The zero-order chi connectivity index (χ0) is 12.6. The molecule has 1 saturated heterocycles. The molecule has 1 aromatic heterocycles. The van der Waals surface area contributed by atoms with Crippen molar-refractivity contribution in [2.24, 2.45) is 0 Å². The summed E-state index contributed by atoms with van der Waals surface area (Å²) in [5, 5.41) is 0. The highest BCUT2D eigenvalue weighted by atomic mass is 16.6. The van der Waals surface area contributed by atoms with Gasteiger partial charge in [0.1, 0.15) is 11.4 Å². The normalized spacial score (nSPS) is 27.2. The van der Waals surface area contributed by atoms with Crippen LogP contribution in [0.1, 0.15) is 30.6 Å². The van der Waals surface area contributed by atoms with Crippen LogP contribution in [-0.2, 0) is 15.1 Å². The molecule has 1 aliphatic heterocycles. The van der Waals surface area contributed by atoms with E-state index in [-0.39, 0.29) is 11.9 Å². The maximum atomic E-state index is 11.7. The summed E-state index contributed by atoms with van der Waals surface area (Å²) in [6.07, 6.45) is 1.99. The Balaban J connectivity index is 2.06. The largest absolute Gasteiger partial charge is 0.469 e. The molecule has 92 valence electrons. The van der Waals surface area contributed by atoms with E-state index in [1.54, 1.807) is 6.26 Å². The zero-order valence-electron chi connectivity index (χ0n) is 10.1. The molecule has 2 aromatic rings. The van der Waals surface area contributed by atoms with E-state index in [4.69, 9.17) is 9.15 Å². The van der Waals surface area contributed by atoms with E-state index >= 15 is 0 Å². The topological polar surface area (TPSA) is 39.4 Å². The van der Waals surface area contributed by atoms with Crippen molar-refractivity contribution in [3.8, 4) is 0 Å². The summed E-state index contributed by atoms with van der Waals surface area (Å²) in [5.74, 6) is 0.553. The molecule has 0 radical (unpaired) electrons. The van der Waals surface area contributed by atoms with Gasteiger partial charge in [0, 0.05) is 0 Å². The number of hydrogen-bond acceptors (Lipinski definition) is 3. The van der Waals surface area contributed by atoms with Gasteiger partial charge in [-0.05, 0) is 24.6 Å². The maximum absolute atomic E-state index is 11.7. The van der Waals surface area contributed by atoms with Crippen LogP contribution in [0.5, 0.6) is 0 Å². The van der Waals surface area contributed by atoms with Crippen molar-refractivity contribution in [2.75, 3.05) is 0 Å². The number of esters is 1. The average molecular weight is 242 g/mol. The van der Waals surface area contributed by atoms with E-state index in [1.807, 2.05) is 49.4 Å². The maximum Gasteiger partial charge on any atom is 0.307 e. The van der Waals surface area contributed by atoms with E-state index in [9.17, 15) is 4.79 Å². The molecule has 1 fully saturated rings. The van der Waals surface area contributed by atoms with Gasteiger partial charge in [0.15, 0.2) is 0 Å². The average Bonchev–Trinajstić information content (AvgIpc) is 2.99. The van der Waals surface area contributed by atoms with Crippen molar-refractivity contribution in [3.63, 3.8) is 0 Å². The summed E-state index contributed by atoms with van der Waals surface area (Å²) in [6, 6.07) is 13.5. The Morgan fingerprint density at radius 2 is 1.94 bits per heavy atom. The number of carbonyl (C=O) groups excluding carboxylic acids is 1. The molecule has 0 amide bonds. The summed E-state index contributed by atoms with van der Waals surface area (Å²) in [4.78, 5) is 11.7. The molecule has 0 spiro atoms. The van der Waals surface area contributed by atoms with E-state index in [0.717, 1.165) is 11.3 Å². The fraction of sp³-hybridized carbons (Fsp3) is 0.267. The molecule has 0 saturated carbocycles. The first-order chi connectivity index (χ1) is 8.70. The highest BCUT2D eigenvalue weighted by Gasteiger charge is 2.48. The Morgan fingerprint density at radius 1 is 1.17 bits per heavy atom. The second-order valence-corrected chi connectivity index (χ2v) is 4.72. The van der Waals surface area contributed by atoms with Crippen molar-refractivity contribution in [2.45, 2.75) is 24.9 Å². The van der Waals surface area contributed by atoms with Crippen molar-refractivity contribution in [1.29, 1.82) is 0 Å². The van der Waals surface area contributed by atoms with Crippen molar-refractivity contribution in [1.82, 2.24) is 0 Å². The number of carbonyl (C=O) groups is 1. The third-order valence-electron chi connectivity index (χ3n) is 3.60. The summed E-state index contributed by atoms with van der Waals surface area (Å²) in [7, 11) is 0. The molecule has 0 N–H and O–H groups in total. The smallest absolute Gasteiger partial charge is 0.307 e. The van der Waals surface area contributed by atoms with E-state index in [0.29, 0.717) is 6.42 Å². The summed E-state index contributed by atoms with van der Waals surface area (Å²) in [6.45, 7) is 1.94. The summed E-state index contributed by atoms with van der Waals surface area (Å²) in [5.41, 5.74) is 0.355. The standard InChI is InChI=1S/C15H14O3/c1-15(11-6-3-2-4-7-11)12(10-14(16)18-15)13-8-5-9-17-13/h2-9,12H,10H2,1H3/t12-,15+/m0/s1. The number of benzene rings is 1. The van der Waals surface area contributed by atoms with Gasteiger partial charge in [0.05, 0.1) is 18.6 Å². The number of cyclic esters (lactones) is 1. The van der Waals surface area contributed by atoms with Gasteiger partial charge in [-0.2, -0.15) is 0 Å². The first-order valence-corrected chi connectivity index (χ1v) is 6.01. The van der Waals surface area contributed by atoms with Gasteiger partial charge in [-0.15, -0.1) is 0 Å². The molecular weight excluding hydrogens is 228 g/mol. The molecule has 0 unspecified atom stereocenters. The molecule has 3 rings (SSSR count). The van der Waals surface area contributed by atoms with Crippen LogP contribution >= 0.6 is 0 Å². The molecule has 3 heteroatoms. The van der Waals surface area contributed by atoms with Gasteiger partial charge in [-0.1, -0.05) is 30.3 Å². The third kappa shape index (κ3) is 1.63. The predicted octanol–water partition coefficient (Wildman–Crippen LogP) is 3.23. The molecule has 18 heavy (non-hydrogen) atoms. The molecule has 0 aliphatic carbocycles. The fourth-order valence-corrected chi connectivity index (χ4v) is 2.60. The molecule has 1 aromatic carbocycles. The lowest BCUT2D eigenvalue weighted by Crippen LogP contribution is -2.27. The molecule has 3 nitrogen and oxygen atoms in total. The molecule has 0 bridgehead atoms. The van der Waals surface area contributed by atoms with Crippen LogP contribution in [0, 0.1) is 0 Å². The lowest BCUT2D eigenvalue weighted by Gasteiger charge is -2.28. The molecular formula is C15H14O3. The van der Waals surface area contributed by atoms with Crippen LogP contribution in [0.15, 0.2) is 53.1 Å². The summed E-state index contributed by atoms with van der Waals surface area (Å²) < 4.78 is 11.0. The molecule has 2 atom stereocenters. The summed E-state index contributed by atoms with van der Waals surface area (Å²) >= 11 is 0. The van der Waals surface area contributed by atoms with Crippen LogP contribution in [0.3, 0.4) is 0 Å². The Bertz CT molecular complexity index is 544. The first-order valence-electron chi connectivity index (χ1n) is 6.01. The van der Waals surface area contributed by atoms with Gasteiger partial charge in [-0.25, -0.2) is 0 Å². The minimum Gasteiger partial charge on any atom is -0.469 e. The van der Waals surface area contributed by atoms with Gasteiger partial charge in [-0.3, -0.25) is 4.79 Å². The predicted molar refractivity (Wildman–Crippen MR) is 66.0 cm³/mol. The van der Waals surface area contributed by atoms with Crippen molar-refractivity contribution in [3.05, 3.63) is 60.1 Å². The second-order valence-electron chi connectivity index (χ2n) is 4.72. The Hall–Kier alpha value is -2.03. The number of rotatable bonds is 2.